The molecule has 0 aliphatic heterocycles. The van der Waals surface area contributed by atoms with Gasteiger partial charge < -0.3 is 9.47 Å². The summed E-state index contributed by atoms with van der Waals surface area (Å²) in [4.78, 5) is 0. The second kappa shape index (κ2) is 5.68. The highest BCUT2D eigenvalue weighted by Crippen LogP contribution is 1.82. The molecule has 0 fully saturated rings. The summed E-state index contributed by atoms with van der Waals surface area (Å²) in [6, 6.07) is 0. The highest BCUT2D eigenvalue weighted by atomic mass is 16.5. The predicted molar refractivity (Wildman–Crippen MR) is 42.7 cm³/mol. The lowest BCUT2D eigenvalue weighted by atomic mass is 10.6. The molecule has 0 atom stereocenters. The Kier molecular flexibility index (Phi) is 3.10. The highest BCUT2D eigenvalue weighted by molar-refractivity contribution is 4.63. The van der Waals surface area contributed by atoms with Crippen LogP contribution in [0.3, 0.4) is 0 Å². The van der Waals surface area contributed by atoms with E-state index < -0.39 is 0 Å². The third kappa shape index (κ3) is 3.45. The third-order valence-corrected chi connectivity index (χ3v) is 1.26. The van der Waals surface area contributed by atoms with E-state index >= 15 is 0 Å². The van der Waals surface area contributed by atoms with E-state index in [1.165, 1.54) is 4.68 Å². The fourth-order valence-corrected chi connectivity index (χ4v) is 0.675. The average molecular weight is 173 g/mol. The van der Waals surface area contributed by atoms with E-state index in [1.807, 2.05) is 0 Å². The van der Waals surface area contributed by atoms with E-state index in [4.69, 9.17) is 12.2 Å². The normalized spacial score (nSPS) is 12.8. The first-order chi connectivity index (χ1) is 6.75. The van der Waals surface area contributed by atoms with E-state index in [0.717, 1.165) is 0 Å². The number of hydrogen-bond donors (Lipinski definition) is 0. The van der Waals surface area contributed by atoms with Crippen LogP contribution in [0.25, 0.3) is 0 Å². The van der Waals surface area contributed by atoms with E-state index in [1.54, 1.807) is 7.11 Å². The van der Waals surface area contributed by atoms with Gasteiger partial charge in [0.05, 0.1) is 35.3 Å². The van der Waals surface area contributed by atoms with Gasteiger partial charge >= 0.3 is 0 Å². The quantitative estimate of drug-likeness (QED) is 0.565. The van der Waals surface area contributed by atoms with Crippen LogP contribution in [0.1, 0.15) is 2.74 Å². The van der Waals surface area contributed by atoms with Crippen molar-refractivity contribution in [1.29, 1.82) is 0 Å². The minimum atomic E-state index is -0.109. The zero-order chi connectivity index (χ0) is 10.4. The molecule has 68 valence electrons. The SMILES string of the molecule is [2H]c1nnn(CCOCCOC)c1[2H]. The van der Waals surface area contributed by atoms with Crippen LogP contribution < -0.4 is 0 Å². The van der Waals surface area contributed by atoms with Crippen LogP contribution in [0.15, 0.2) is 12.3 Å². The molecule has 0 aliphatic carbocycles. The van der Waals surface area contributed by atoms with E-state index in [2.05, 4.69) is 10.3 Å². The summed E-state index contributed by atoms with van der Waals surface area (Å²) in [5.74, 6) is 0. The second-order valence-electron chi connectivity index (χ2n) is 2.14. The molecule has 0 saturated heterocycles. The van der Waals surface area contributed by atoms with Crippen molar-refractivity contribution in [1.82, 2.24) is 15.0 Å². The van der Waals surface area contributed by atoms with Crippen LogP contribution in [0.2, 0.25) is 0 Å². The minimum Gasteiger partial charge on any atom is -0.382 e. The molecule has 1 heterocycles. The van der Waals surface area contributed by atoms with Gasteiger partial charge in [0.2, 0.25) is 0 Å². The van der Waals surface area contributed by atoms with Crippen molar-refractivity contribution in [2.45, 2.75) is 6.54 Å². The summed E-state index contributed by atoms with van der Waals surface area (Å²) in [5.41, 5.74) is 0. The van der Waals surface area contributed by atoms with Crippen LogP contribution in [0.4, 0.5) is 0 Å². The standard InChI is InChI=1S/C7H13N3O2/c1-11-6-7-12-5-4-10-3-2-8-9-10/h2-3H,4-7H2,1H3/i2D,3D. The second-order valence-corrected chi connectivity index (χ2v) is 2.14. The number of ether oxygens (including phenoxy) is 2. The van der Waals surface area contributed by atoms with Crippen molar-refractivity contribution >= 4 is 0 Å². The van der Waals surface area contributed by atoms with Crippen LogP contribution in [-0.2, 0) is 16.0 Å². The fraction of sp³-hybridized carbons (Fsp3) is 0.714. The van der Waals surface area contributed by atoms with Crippen LogP contribution >= 0.6 is 0 Å². The van der Waals surface area contributed by atoms with Gasteiger partial charge in [-0.15, -0.1) is 5.10 Å². The van der Waals surface area contributed by atoms with Crippen molar-refractivity contribution in [3.05, 3.63) is 12.3 Å². The van der Waals surface area contributed by atoms with Crippen molar-refractivity contribution in [2.24, 2.45) is 0 Å². The maximum atomic E-state index is 7.36. The van der Waals surface area contributed by atoms with Gasteiger partial charge in [0.1, 0.15) is 0 Å². The number of aromatic nitrogens is 3. The molecular weight excluding hydrogens is 158 g/mol. The molecule has 5 heteroatoms. The Morgan fingerprint density at radius 1 is 1.50 bits per heavy atom. The number of methoxy groups -OCH3 is 1. The van der Waals surface area contributed by atoms with Gasteiger partial charge in [-0.3, -0.25) is 4.68 Å². The van der Waals surface area contributed by atoms with Gasteiger partial charge in [0.25, 0.3) is 0 Å². The Labute approximate surface area is 74.1 Å². The number of hydrogen-bond acceptors (Lipinski definition) is 4. The van der Waals surface area contributed by atoms with Crippen molar-refractivity contribution < 1.29 is 12.2 Å². The Morgan fingerprint density at radius 2 is 2.42 bits per heavy atom. The van der Waals surface area contributed by atoms with Gasteiger partial charge in [0, 0.05) is 13.3 Å². The third-order valence-electron chi connectivity index (χ3n) is 1.26. The predicted octanol–water partition coefficient (Wildman–Crippen LogP) is -0.0589. The lowest BCUT2D eigenvalue weighted by molar-refractivity contribution is 0.0652. The summed E-state index contributed by atoms with van der Waals surface area (Å²) in [6.07, 6.45) is -0.0952. The lowest BCUT2D eigenvalue weighted by Crippen LogP contribution is -2.09. The Hall–Kier alpha value is -0.940. The number of nitrogens with zero attached hydrogens (tertiary/aromatic N) is 3. The summed E-state index contributed by atoms with van der Waals surface area (Å²) in [5, 5.41) is 7.06. The Balaban J connectivity index is 2.21. The van der Waals surface area contributed by atoms with Gasteiger partial charge in [-0.25, -0.2) is 0 Å². The molecule has 0 aromatic carbocycles. The monoisotopic (exact) mass is 173 g/mol. The maximum absolute atomic E-state index is 7.36. The van der Waals surface area contributed by atoms with Crippen molar-refractivity contribution in [3.8, 4) is 0 Å². The van der Waals surface area contributed by atoms with Crippen LogP contribution in [0.5, 0.6) is 0 Å². The average Bonchev–Trinajstić information content (AvgIpc) is 2.49. The molecule has 1 aromatic heterocycles. The first-order valence-electron chi connectivity index (χ1n) is 4.69. The molecule has 0 aliphatic rings. The van der Waals surface area contributed by atoms with E-state index in [9.17, 15) is 0 Å². The molecule has 0 spiro atoms. The highest BCUT2D eigenvalue weighted by Gasteiger charge is 1.90. The molecule has 1 rings (SSSR count). The van der Waals surface area contributed by atoms with Crippen molar-refractivity contribution in [3.63, 3.8) is 0 Å². The van der Waals surface area contributed by atoms with Crippen molar-refractivity contribution in [2.75, 3.05) is 26.9 Å². The van der Waals surface area contributed by atoms with E-state index in [0.29, 0.717) is 26.4 Å². The Bertz CT molecular complexity index is 280. The first-order valence-corrected chi connectivity index (χ1v) is 3.69. The summed E-state index contributed by atoms with van der Waals surface area (Å²) in [7, 11) is 1.61. The molecule has 0 radical (unpaired) electrons. The summed E-state index contributed by atoms with van der Waals surface area (Å²) in [6.45, 7) is 1.95. The van der Waals surface area contributed by atoms with Crippen LogP contribution in [-0.4, -0.2) is 41.9 Å². The Morgan fingerprint density at radius 3 is 3.08 bits per heavy atom. The largest absolute Gasteiger partial charge is 0.382 e. The number of rotatable bonds is 6. The zero-order valence-corrected chi connectivity index (χ0v) is 6.99. The smallest absolute Gasteiger partial charge is 0.0877 e. The molecule has 0 unspecified atom stereocenters. The van der Waals surface area contributed by atoms with Gasteiger partial charge in [-0.2, -0.15) is 0 Å². The van der Waals surface area contributed by atoms with Gasteiger partial charge in [0.15, 0.2) is 0 Å². The first kappa shape index (κ1) is 6.56. The molecule has 0 amide bonds. The van der Waals surface area contributed by atoms with Gasteiger partial charge in [-0.1, -0.05) is 5.21 Å². The summed E-state index contributed by atoms with van der Waals surface area (Å²) < 4.78 is 25.8. The zero-order valence-electron chi connectivity index (χ0n) is 8.99. The molecule has 0 bridgehead atoms. The molecule has 0 N–H and O–H groups in total. The summed E-state index contributed by atoms with van der Waals surface area (Å²) >= 11 is 0. The van der Waals surface area contributed by atoms with Crippen LogP contribution in [0, 0.1) is 0 Å². The molecule has 0 saturated carbocycles. The molecule has 5 nitrogen and oxygen atoms in total. The minimum absolute atomic E-state index is 0.0142. The molecular formula is C7H13N3O2. The maximum Gasteiger partial charge on any atom is 0.0877 e. The van der Waals surface area contributed by atoms with Gasteiger partial charge in [-0.05, 0) is 0 Å². The molecule has 1 aromatic rings. The molecule has 12 heavy (non-hydrogen) atoms. The fourth-order valence-electron chi connectivity index (χ4n) is 0.675. The topological polar surface area (TPSA) is 49.2 Å². The van der Waals surface area contributed by atoms with E-state index in [-0.39, 0.29) is 12.3 Å². The lowest BCUT2D eigenvalue weighted by Gasteiger charge is -2.02.